The lowest BCUT2D eigenvalue weighted by Crippen LogP contribution is -2.10. The van der Waals surface area contributed by atoms with Crippen molar-refractivity contribution < 1.29 is 19.8 Å². The Bertz CT molecular complexity index is 1050. The molecule has 0 unspecified atom stereocenters. The van der Waals surface area contributed by atoms with E-state index in [1.165, 1.54) is 12.1 Å². The van der Waals surface area contributed by atoms with Gasteiger partial charge < -0.3 is 10.2 Å². The van der Waals surface area contributed by atoms with Gasteiger partial charge in [-0.05, 0) is 72.5 Å². The Morgan fingerprint density at radius 3 is 1.61 bits per heavy atom. The van der Waals surface area contributed by atoms with Crippen molar-refractivity contribution in [2.75, 3.05) is 0 Å². The van der Waals surface area contributed by atoms with Crippen LogP contribution in [0.4, 0.5) is 0 Å². The topological polar surface area (TPSA) is 87.5 Å². The Labute approximate surface area is 161 Å². The number of hydrogen-bond acceptors (Lipinski definition) is 5. The first-order chi connectivity index (χ1) is 13.5. The van der Waals surface area contributed by atoms with Gasteiger partial charge in [0.05, 0.1) is 0 Å². The number of pyridine rings is 1. The molecule has 0 fully saturated rings. The van der Waals surface area contributed by atoms with Crippen molar-refractivity contribution in [1.29, 1.82) is 0 Å². The number of hydrogen-bond donors (Lipinski definition) is 2. The van der Waals surface area contributed by atoms with Crippen LogP contribution in [0.2, 0.25) is 0 Å². The zero-order valence-electron chi connectivity index (χ0n) is 14.9. The van der Waals surface area contributed by atoms with Crippen LogP contribution >= 0.6 is 0 Å². The van der Waals surface area contributed by atoms with E-state index >= 15 is 0 Å². The van der Waals surface area contributed by atoms with Gasteiger partial charge in [0.1, 0.15) is 22.9 Å². The van der Waals surface area contributed by atoms with E-state index in [-0.39, 0.29) is 34.5 Å². The van der Waals surface area contributed by atoms with Gasteiger partial charge in [0, 0.05) is 11.1 Å². The molecule has 1 aromatic heterocycles. The van der Waals surface area contributed by atoms with E-state index in [1.807, 2.05) is 12.2 Å². The summed E-state index contributed by atoms with van der Waals surface area (Å²) in [5.41, 5.74) is 2.33. The van der Waals surface area contributed by atoms with Crippen LogP contribution in [0.5, 0.6) is 11.5 Å². The number of carbonyl (C=O) groups is 2. The molecular formula is C23H17NO4. The van der Waals surface area contributed by atoms with Crippen LogP contribution in [0.25, 0.3) is 0 Å². The van der Waals surface area contributed by atoms with Crippen molar-refractivity contribution in [2.24, 2.45) is 0 Å². The minimum atomic E-state index is -0.318. The van der Waals surface area contributed by atoms with E-state index in [4.69, 9.17) is 0 Å². The summed E-state index contributed by atoms with van der Waals surface area (Å²) < 4.78 is 0. The molecule has 0 spiro atoms. The number of allylic oxidation sites excluding steroid dienone is 2. The second-order valence-corrected chi connectivity index (χ2v) is 6.63. The smallest absolute Gasteiger partial charge is 0.211 e. The third-order valence-electron chi connectivity index (χ3n) is 4.74. The summed E-state index contributed by atoms with van der Waals surface area (Å²) in [6, 6.07) is 14.1. The Morgan fingerprint density at radius 1 is 0.679 bits per heavy atom. The summed E-state index contributed by atoms with van der Waals surface area (Å²) in [6.07, 6.45) is 4.57. The summed E-state index contributed by atoms with van der Waals surface area (Å²) in [5, 5.41) is 20.2. The van der Waals surface area contributed by atoms with Gasteiger partial charge in [-0.1, -0.05) is 18.2 Å². The van der Waals surface area contributed by atoms with Crippen molar-refractivity contribution >= 4 is 11.6 Å². The number of phenolic OH excluding ortho intramolecular Hbond substituents is 2. The normalized spacial score (nSPS) is 14.9. The third kappa shape index (κ3) is 3.30. The van der Waals surface area contributed by atoms with Gasteiger partial charge >= 0.3 is 0 Å². The van der Waals surface area contributed by atoms with Crippen LogP contribution in [0.15, 0.2) is 66.7 Å². The summed E-state index contributed by atoms with van der Waals surface area (Å²) >= 11 is 0. The van der Waals surface area contributed by atoms with Gasteiger partial charge in [-0.3, -0.25) is 9.59 Å². The summed E-state index contributed by atoms with van der Waals surface area (Å²) in [6.45, 7) is 0. The molecule has 3 aromatic rings. The van der Waals surface area contributed by atoms with E-state index in [2.05, 4.69) is 4.98 Å². The number of aromatic hydroxyl groups is 2. The van der Waals surface area contributed by atoms with Gasteiger partial charge in [0.15, 0.2) is 0 Å². The minimum Gasteiger partial charge on any atom is -0.508 e. The molecule has 0 aliphatic carbocycles. The van der Waals surface area contributed by atoms with Crippen molar-refractivity contribution in [2.45, 2.75) is 12.8 Å². The van der Waals surface area contributed by atoms with Crippen LogP contribution in [-0.4, -0.2) is 26.8 Å². The van der Waals surface area contributed by atoms with Gasteiger partial charge in [0.25, 0.3) is 0 Å². The molecule has 138 valence electrons. The fraction of sp³-hybridized carbons (Fsp3) is 0.0870. The van der Waals surface area contributed by atoms with Crippen LogP contribution in [0.1, 0.15) is 43.2 Å². The number of carbonyl (C=O) groups excluding carboxylic acids is 2. The van der Waals surface area contributed by atoms with Crippen molar-refractivity contribution in [3.63, 3.8) is 0 Å². The largest absolute Gasteiger partial charge is 0.508 e. The van der Waals surface area contributed by atoms with E-state index in [1.54, 1.807) is 42.5 Å². The molecule has 2 aromatic carbocycles. The molecule has 0 amide bonds. The molecule has 0 radical (unpaired) electrons. The highest BCUT2D eigenvalue weighted by Crippen LogP contribution is 2.24. The maximum atomic E-state index is 12.8. The standard InChI is InChI=1S/C23H17NO4/c25-20-10-8-16-12-14(20)4-1-2-5-15-13-17(9-11-21(15)26)23(28)19-7-3-6-18(24-19)22(16)27/h1-3,6-13,25-26H,4-5H2/b2-1-. The molecule has 5 nitrogen and oxygen atoms in total. The SMILES string of the molecule is O=C1c2ccc(O)c(c2)C/C=C\Cc2cc(ccc2O)C(=O)c2cccc1n2. The molecule has 4 rings (SSSR count). The van der Waals surface area contributed by atoms with Crippen molar-refractivity contribution in [1.82, 2.24) is 4.98 Å². The number of benzene rings is 2. The Morgan fingerprint density at radius 2 is 1.14 bits per heavy atom. The average molecular weight is 371 g/mol. The first kappa shape index (κ1) is 17.7. The molecule has 1 aliphatic heterocycles. The molecule has 6 bridgehead atoms. The molecule has 0 saturated heterocycles. The lowest BCUT2D eigenvalue weighted by molar-refractivity contribution is 0.103. The Balaban J connectivity index is 1.88. The van der Waals surface area contributed by atoms with Crippen molar-refractivity contribution in [3.8, 4) is 11.5 Å². The van der Waals surface area contributed by atoms with Gasteiger partial charge in [-0.15, -0.1) is 0 Å². The lowest BCUT2D eigenvalue weighted by Gasteiger charge is -2.07. The third-order valence-corrected chi connectivity index (χ3v) is 4.74. The fourth-order valence-corrected chi connectivity index (χ4v) is 3.18. The first-order valence-electron chi connectivity index (χ1n) is 8.88. The Kier molecular flexibility index (Phi) is 4.49. The highest BCUT2D eigenvalue weighted by atomic mass is 16.3. The molecule has 5 heteroatoms. The molecule has 2 N–H and O–H groups in total. The highest BCUT2D eigenvalue weighted by molar-refractivity contribution is 6.11. The Hall–Kier alpha value is -3.73. The number of nitrogens with zero attached hydrogens (tertiary/aromatic N) is 1. The minimum absolute atomic E-state index is 0.104. The van der Waals surface area contributed by atoms with Gasteiger partial charge in [0.2, 0.25) is 11.6 Å². The van der Waals surface area contributed by atoms with Crippen molar-refractivity contribution in [3.05, 3.63) is 100 Å². The summed E-state index contributed by atoms with van der Waals surface area (Å²) in [5.74, 6) is -0.429. The van der Waals surface area contributed by atoms with E-state index in [0.29, 0.717) is 35.1 Å². The quantitative estimate of drug-likeness (QED) is 0.590. The highest BCUT2D eigenvalue weighted by Gasteiger charge is 2.17. The fourth-order valence-electron chi connectivity index (χ4n) is 3.18. The molecule has 2 heterocycles. The molecule has 1 aliphatic rings. The second kappa shape index (κ2) is 7.12. The number of aromatic nitrogens is 1. The zero-order valence-corrected chi connectivity index (χ0v) is 14.9. The molecule has 28 heavy (non-hydrogen) atoms. The summed E-state index contributed by atoms with van der Waals surface area (Å²) in [4.78, 5) is 29.9. The average Bonchev–Trinajstić information content (AvgIpc) is 2.72. The number of rotatable bonds is 0. The van der Waals surface area contributed by atoms with E-state index < -0.39 is 0 Å². The molecule has 0 saturated carbocycles. The number of phenols is 2. The van der Waals surface area contributed by atoms with Crippen LogP contribution in [-0.2, 0) is 12.8 Å². The number of ketones is 2. The van der Waals surface area contributed by atoms with Crippen LogP contribution in [0, 0.1) is 0 Å². The van der Waals surface area contributed by atoms with E-state index in [9.17, 15) is 19.8 Å². The van der Waals surface area contributed by atoms with E-state index in [0.717, 1.165) is 0 Å². The lowest BCUT2D eigenvalue weighted by atomic mass is 10.0. The van der Waals surface area contributed by atoms with Gasteiger partial charge in [-0.2, -0.15) is 0 Å². The molecular weight excluding hydrogens is 354 g/mol. The van der Waals surface area contributed by atoms with Crippen LogP contribution in [0.3, 0.4) is 0 Å². The monoisotopic (exact) mass is 371 g/mol. The molecule has 0 atom stereocenters. The van der Waals surface area contributed by atoms with Crippen LogP contribution < -0.4 is 0 Å². The first-order valence-corrected chi connectivity index (χ1v) is 8.88. The second-order valence-electron chi connectivity index (χ2n) is 6.63. The maximum absolute atomic E-state index is 12.8. The maximum Gasteiger partial charge on any atom is 0.211 e. The summed E-state index contributed by atoms with van der Waals surface area (Å²) in [7, 11) is 0. The number of fused-ring (bicyclic) bond motifs is 6. The predicted octanol–water partition coefficient (Wildman–Crippen LogP) is 3.61. The predicted molar refractivity (Wildman–Crippen MR) is 104 cm³/mol. The van der Waals surface area contributed by atoms with Gasteiger partial charge in [-0.25, -0.2) is 4.98 Å². The zero-order chi connectivity index (χ0) is 19.7.